The molecular weight excluding hydrogens is 176 g/mol. The summed E-state index contributed by atoms with van der Waals surface area (Å²) in [5, 5.41) is 0. The van der Waals surface area contributed by atoms with E-state index in [1.54, 1.807) is 0 Å². The predicted molar refractivity (Wildman–Crippen MR) is 59.4 cm³/mol. The van der Waals surface area contributed by atoms with Gasteiger partial charge in [-0.25, -0.2) is 0 Å². The zero-order valence-corrected chi connectivity index (χ0v) is 9.37. The van der Waals surface area contributed by atoms with Crippen molar-refractivity contribution in [3.8, 4) is 0 Å². The van der Waals surface area contributed by atoms with E-state index in [-0.39, 0.29) is 0 Å². The van der Waals surface area contributed by atoms with Gasteiger partial charge >= 0.3 is 0 Å². The predicted octanol–water partition coefficient (Wildman–Crippen LogP) is 1.23. The molecule has 14 heavy (non-hydrogen) atoms. The summed E-state index contributed by atoms with van der Waals surface area (Å²) in [6.45, 7) is 6.99. The van der Waals surface area contributed by atoms with Gasteiger partial charge in [0.1, 0.15) is 0 Å². The van der Waals surface area contributed by atoms with Crippen molar-refractivity contribution >= 4 is 0 Å². The van der Waals surface area contributed by atoms with Crippen LogP contribution in [0.25, 0.3) is 0 Å². The van der Waals surface area contributed by atoms with E-state index in [9.17, 15) is 0 Å². The zero-order chi connectivity index (χ0) is 10.2. The minimum Gasteiger partial charge on any atom is -0.380 e. The van der Waals surface area contributed by atoms with Gasteiger partial charge in [-0.1, -0.05) is 6.42 Å². The van der Waals surface area contributed by atoms with Gasteiger partial charge in [-0.15, -0.1) is 0 Å². The number of rotatable bonds is 6. The fourth-order valence-corrected chi connectivity index (χ4v) is 2.09. The monoisotopic (exact) mass is 200 g/mol. The number of nitrogens with two attached hydrogens (primary N) is 1. The molecule has 0 amide bonds. The van der Waals surface area contributed by atoms with Crippen molar-refractivity contribution in [1.82, 2.24) is 4.90 Å². The van der Waals surface area contributed by atoms with Gasteiger partial charge in [0, 0.05) is 12.6 Å². The maximum absolute atomic E-state index is 5.53. The highest BCUT2D eigenvalue weighted by atomic mass is 16.5. The van der Waals surface area contributed by atoms with Crippen molar-refractivity contribution in [2.24, 2.45) is 5.73 Å². The number of hydrogen-bond donors (Lipinski definition) is 1. The highest BCUT2D eigenvalue weighted by molar-refractivity contribution is 4.76. The Morgan fingerprint density at radius 3 is 3.00 bits per heavy atom. The molecule has 1 fully saturated rings. The van der Waals surface area contributed by atoms with Crippen LogP contribution in [-0.4, -0.2) is 43.8 Å². The van der Waals surface area contributed by atoms with Crippen molar-refractivity contribution in [2.75, 3.05) is 32.8 Å². The summed E-state index contributed by atoms with van der Waals surface area (Å²) in [7, 11) is 0. The van der Waals surface area contributed by atoms with Crippen LogP contribution in [0, 0.1) is 0 Å². The van der Waals surface area contributed by atoms with E-state index in [0.29, 0.717) is 6.04 Å². The standard InChI is InChI=1S/C11H24N2O/c1-2-14-10-11-6-3-4-8-13(11)9-5-7-12/h11H,2-10,12H2,1H3/t11-/m0/s1. The van der Waals surface area contributed by atoms with Crippen LogP contribution in [0.5, 0.6) is 0 Å². The van der Waals surface area contributed by atoms with E-state index in [1.165, 1.54) is 25.8 Å². The van der Waals surface area contributed by atoms with Crippen LogP contribution in [0.1, 0.15) is 32.6 Å². The summed E-state index contributed by atoms with van der Waals surface area (Å²) in [6, 6.07) is 0.648. The Bertz CT molecular complexity index is 125. The average molecular weight is 200 g/mol. The quantitative estimate of drug-likeness (QED) is 0.701. The largest absolute Gasteiger partial charge is 0.380 e. The lowest BCUT2D eigenvalue weighted by atomic mass is 10.0. The SMILES string of the molecule is CCOC[C@@H]1CCCCN1CCCN. The summed E-state index contributed by atoms with van der Waals surface area (Å²) < 4.78 is 5.51. The normalized spacial score (nSPS) is 24.0. The first kappa shape index (κ1) is 12.0. The molecule has 3 nitrogen and oxygen atoms in total. The Morgan fingerprint density at radius 2 is 2.29 bits per heavy atom. The van der Waals surface area contributed by atoms with Gasteiger partial charge in [-0.2, -0.15) is 0 Å². The van der Waals surface area contributed by atoms with Crippen molar-refractivity contribution < 1.29 is 4.74 Å². The second-order valence-electron chi connectivity index (χ2n) is 3.99. The van der Waals surface area contributed by atoms with Crippen LogP contribution in [0.2, 0.25) is 0 Å². The molecule has 1 aliphatic rings. The Kier molecular flexibility index (Phi) is 6.15. The Hall–Kier alpha value is -0.120. The van der Waals surface area contributed by atoms with E-state index in [0.717, 1.165) is 32.7 Å². The van der Waals surface area contributed by atoms with Gasteiger partial charge in [0.05, 0.1) is 6.61 Å². The lowest BCUT2D eigenvalue weighted by Gasteiger charge is -2.35. The molecule has 84 valence electrons. The molecule has 0 spiro atoms. The van der Waals surface area contributed by atoms with Gasteiger partial charge in [-0.3, -0.25) is 4.90 Å². The van der Waals surface area contributed by atoms with Crippen LogP contribution in [-0.2, 0) is 4.74 Å². The topological polar surface area (TPSA) is 38.5 Å². The highest BCUT2D eigenvalue weighted by Crippen LogP contribution is 2.17. The summed E-state index contributed by atoms with van der Waals surface area (Å²) in [4.78, 5) is 2.55. The molecule has 0 aromatic rings. The van der Waals surface area contributed by atoms with Crippen molar-refractivity contribution in [2.45, 2.75) is 38.6 Å². The van der Waals surface area contributed by atoms with Gasteiger partial charge < -0.3 is 10.5 Å². The lowest BCUT2D eigenvalue weighted by Crippen LogP contribution is -2.43. The fourth-order valence-electron chi connectivity index (χ4n) is 2.09. The Morgan fingerprint density at radius 1 is 1.43 bits per heavy atom. The van der Waals surface area contributed by atoms with Crippen LogP contribution in [0.15, 0.2) is 0 Å². The molecule has 0 unspecified atom stereocenters. The Balaban J connectivity index is 2.26. The van der Waals surface area contributed by atoms with E-state index < -0.39 is 0 Å². The summed E-state index contributed by atoms with van der Waals surface area (Å²) >= 11 is 0. The highest BCUT2D eigenvalue weighted by Gasteiger charge is 2.21. The summed E-state index contributed by atoms with van der Waals surface area (Å²) in [5.74, 6) is 0. The van der Waals surface area contributed by atoms with Crippen LogP contribution in [0.4, 0.5) is 0 Å². The van der Waals surface area contributed by atoms with E-state index >= 15 is 0 Å². The zero-order valence-electron chi connectivity index (χ0n) is 9.37. The van der Waals surface area contributed by atoms with Crippen LogP contribution < -0.4 is 5.73 Å². The third-order valence-electron chi connectivity index (χ3n) is 2.91. The molecule has 0 aromatic heterocycles. The maximum Gasteiger partial charge on any atom is 0.0621 e. The molecule has 0 bridgehead atoms. The molecular formula is C11H24N2O. The van der Waals surface area contributed by atoms with Gasteiger partial charge in [0.15, 0.2) is 0 Å². The smallest absolute Gasteiger partial charge is 0.0621 e. The lowest BCUT2D eigenvalue weighted by molar-refractivity contribution is 0.0453. The van der Waals surface area contributed by atoms with Crippen LogP contribution in [0.3, 0.4) is 0 Å². The van der Waals surface area contributed by atoms with Crippen LogP contribution >= 0.6 is 0 Å². The Labute approximate surface area is 87.6 Å². The van der Waals surface area contributed by atoms with E-state index in [1.807, 2.05) is 0 Å². The molecule has 2 N–H and O–H groups in total. The first-order valence-corrected chi connectivity index (χ1v) is 5.90. The number of ether oxygens (including phenoxy) is 1. The fraction of sp³-hybridized carbons (Fsp3) is 1.00. The van der Waals surface area contributed by atoms with Gasteiger partial charge in [0.25, 0.3) is 0 Å². The van der Waals surface area contributed by atoms with Gasteiger partial charge in [-0.05, 0) is 45.8 Å². The molecule has 0 aliphatic carbocycles. The second-order valence-corrected chi connectivity index (χ2v) is 3.99. The molecule has 0 saturated carbocycles. The number of piperidine rings is 1. The first-order valence-electron chi connectivity index (χ1n) is 5.90. The third kappa shape index (κ3) is 3.95. The molecule has 1 saturated heterocycles. The molecule has 1 atom stereocenters. The molecule has 1 rings (SSSR count). The molecule has 0 aromatic carbocycles. The van der Waals surface area contributed by atoms with Crippen molar-refractivity contribution in [3.63, 3.8) is 0 Å². The molecule has 0 radical (unpaired) electrons. The maximum atomic E-state index is 5.53. The molecule has 1 heterocycles. The average Bonchev–Trinajstić information content (AvgIpc) is 2.24. The van der Waals surface area contributed by atoms with E-state index in [4.69, 9.17) is 10.5 Å². The summed E-state index contributed by atoms with van der Waals surface area (Å²) in [5.41, 5.74) is 5.53. The summed E-state index contributed by atoms with van der Waals surface area (Å²) in [6.07, 6.45) is 5.11. The van der Waals surface area contributed by atoms with Crippen molar-refractivity contribution in [1.29, 1.82) is 0 Å². The third-order valence-corrected chi connectivity index (χ3v) is 2.91. The minimum atomic E-state index is 0.648. The van der Waals surface area contributed by atoms with Gasteiger partial charge in [0.2, 0.25) is 0 Å². The first-order chi connectivity index (χ1) is 6.88. The molecule has 3 heteroatoms. The van der Waals surface area contributed by atoms with E-state index in [2.05, 4.69) is 11.8 Å². The number of hydrogen-bond acceptors (Lipinski definition) is 3. The number of nitrogens with zero attached hydrogens (tertiary/aromatic N) is 1. The second kappa shape index (κ2) is 7.21. The minimum absolute atomic E-state index is 0.648. The molecule has 1 aliphatic heterocycles. The van der Waals surface area contributed by atoms with Crippen molar-refractivity contribution in [3.05, 3.63) is 0 Å². The number of likely N-dealkylation sites (tertiary alicyclic amines) is 1.